The van der Waals surface area contributed by atoms with Crippen LogP contribution in [0.4, 0.5) is 10.5 Å². The predicted molar refractivity (Wildman–Crippen MR) is 97.4 cm³/mol. The number of anilines is 1. The van der Waals surface area contributed by atoms with Crippen LogP contribution < -0.4 is 10.6 Å². The second-order valence-corrected chi connectivity index (χ2v) is 7.48. The van der Waals surface area contributed by atoms with Gasteiger partial charge in [-0.1, -0.05) is 30.4 Å². The maximum Gasteiger partial charge on any atom is 0.319 e. The van der Waals surface area contributed by atoms with Crippen LogP contribution in [0, 0.1) is 37.5 Å². The summed E-state index contributed by atoms with van der Waals surface area (Å²) < 4.78 is 0. The first-order chi connectivity index (χ1) is 12.5. The van der Waals surface area contributed by atoms with Gasteiger partial charge in [-0.3, -0.25) is 14.5 Å². The monoisotopic (exact) mass is 353 g/mol. The van der Waals surface area contributed by atoms with Crippen molar-refractivity contribution in [2.24, 2.45) is 23.7 Å². The van der Waals surface area contributed by atoms with Crippen LogP contribution in [0.5, 0.6) is 0 Å². The number of fused-ring (bicyclic) bond motifs is 5. The van der Waals surface area contributed by atoms with Gasteiger partial charge in [0.1, 0.15) is 0 Å². The number of likely N-dealkylation sites (tertiary alicyclic amines) is 1. The molecule has 0 radical (unpaired) electrons. The van der Waals surface area contributed by atoms with Gasteiger partial charge in [-0.2, -0.15) is 0 Å². The number of hydrogen-bond acceptors (Lipinski definition) is 3. The van der Waals surface area contributed by atoms with E-state index < -0.39 is 0 Å². The highest BCUT2D eigenvalue weighted by Gasteiger charge is 2.58. The van der Waals surface area contributed by atoms with Gasteiger partial charge >= 0.3 is 6.03 Å². The van der Waals surface area contributed by atoms with Crippen LogP contribution in [0.15, 0.2) is 30.4 Å². The molecule has 1 aromatic rings. The lowest BCUT2D eigenvalue weighted by atomic mass is 9.85. The Bertz CT molecular complexity index is 766. The molecule has 4 rings (SSSR count). The Labute approximate surface area is 152 Å². The summed E-state index contributed by atoms with van der Waals surface area (Å²) >= 11 is 0. The van der Waals surface area contributed by atoms with E-state index in [-0.39, 0.29) is 54.6 Å². The summed E-state index contributed by atoms with van der Waals surface area (Å²) in [5, 5.41) is 5.59. The Morgan fingerprint density at radius 1 is 1.08 bits per heavy atom. The fourth-order valence-electron chi connectivity index (χ4n) is 4.64. The van der Waals surface area contributed by atoms with E-state index in [2.05, 4.69) is 22.8 Å². The quantitative estimate of drug-likeness (QED) is 0.644. The first kappa shape index (κ1) is 16.8. The molecule has 2 N–H and O–H groups in total. The van der Waals surface area contributed by atoms with E-state index >= 15 is 0 Å². The molecule has 6 nitrogen and oxygen atoms in total. The van der Waals surface area contributed by atoms with Gasteiger partial charge in [0, 0.05) is 18.8 Å². The highest BCUT2D eigenvalue weighted by molar-refractivity contribution is 6.06. The van der Waals surface area contributed by atoms with Gasteiger partial charge in [0.05, 0.1) is 11.8 Å². The van der Waals surface area contributed by atoms with E-state index in [9.17, 15) is 14.4 Å². The van der Waals surface area contributed by atoms with E-state index in [4.69, 9.17) is 0 Å². The summed E-state index contributed by atoms with van der Waals surface area (Å²) in [5.74, 6) is -0.0806. The molecule has 3 aliphatic rings. The Morgan fingerprint density at radius 3 is 2.23 bits per heavy atom. The standard InChI is InChI=1S/C20H23N3O3/c1-11-4-3-5-12(2)17(11)22-20(26)21-8-9-23-18(24)15-13-6-7-14(10-13)16(15)19(23)25/h3-7,13-16H,8-10H2,1-2H3,(H2,21,22,26)/t13-,14-,15-,16+/m0/s1. The predicted octanol–water partition coefficient (Wildman–Crippen LogP) is 2.23. The highest BCUT2D eigenvalue weighted by atomic mass is 16.2. The number of nitrogens with zero attached hydrogens (tertiary/aromatic N) is 1. The van der Waals surface area contributed by atoms with E-state index in [0.717, 1.165) is 23.2 Å². The summed E-state index contributed by atoms with van der Waals surface area (Å²) in [6.45, 7) is 4.34. The highest BCUT2D eigenvalue weighted by Crippen LogP contribution is 2.52. The third-order valence-corrected chi connectivity index (χ3v) is 5.90. The number of allylic oxidation sites excluding steroid dienone is 2. The average Bonchev–Trinajstić information content (AvgIpc) is 3.27. The zero-order chi connectivity index (χ0) is 18.4. The van der Waals surface area contributed by atoms with Crippen LogP contribution in [0.3, 0.4) is 0 Å². The third kappa shape index (κ3) is 2.60. The zero-order valence-electron chi connectivity index (χ0n) is 15.0. The number of hydrogen-bond donors (Lipinski definition) is 2. The lowest BCUT2D eigenvalue weighted by Crippen LogP contribution is -2.41. The number of carbonyl (C=O) groups excluding carboxylic acids is 3. The molecule has 2 bridgehead atoms. The van der Waals surface area contributed by atoms with Crippen molar-refractivity contribution in [3.8, 4) is 0 Å². The number of imide groups is 1. The minimum Gasteiger partial charge on any atom is -0.336 e. The number of benzene rings is 1. The first-order valence-corrected chi connectivity index (χ1v) is 9.12. The molecule has 1 saturated heterocycles. The molecule has 0 aromatic heterocycles. The topological polar surface area (TPSA) is 78.5 Å². The van der Waals surface area contributed by atoms with Gasteiger partial charge in [0.25, 0.3) is 0 Å². The second-order valence-electron chi connectivity index (χ2n) is 7.48. The molecule has 2 aliphatic carbocycles. The molecule has 1 aromatic carbocycles. The van der Waals surface area contributed by atoms with Gasteiger partial charge in [0.15, 0.2) is 0 Å². The maximum absolute atomic E-state index is 12.6. The molecule has 6 heteroatoms. The number of para-hydroxylation sites is 1. The third-order valence-electron chi connectivity index (χ3n) is 5.90. The van der Waals surface area contributed by atoms with Crippen molar-refractivity contribution >= 4 is 23.5 Å². The number of urea groups is 1. The van der Waals surface area contributed by atoms with Crippen molar-refractivity contribution in [1.82, 2.24) is 10.2 Å². The fraction of sp³-hybridized carbons (Fsp3) is 0.450. The average molecular weight is 353 g/mol. The number of carbonyl (C=O) groups is 3. The maximum atomic E-state index is 12.6. The van der Waals surface area contributed by atoms with Crippen LogP contribution in [0.25, 0.3) is 0 Å². The summed E-state index contributed by atoms with van der Waals surface area (Å²) in [5.41, 5.74) is 2.76. The van der Waals surface area contributed by atoms with Crippen molar-refractivity contribution in [2.45, 2.75) is 20.3 Å². The van der Waals surface area contributed by atoms with Gasteiger partial charge in [-0.05, 0) is 43.2 Å². The second kappa shape index (κ2) is 6.27. The van der Waals surface area contributed by atoms with E-state index in [1.165, 1.54) is 4.90 Å². The Kier molecular flexibility index (Phi) is 4.05. The Balaban J connectivity index is 1.32. The van der Waals surface area contributed by atoms with Crippen molar-refractivity contribution in [3.05, 3.63) is 41.5 Å². The van der Waals surface area contributed by atoms with Crippen molar-refractivity contribution in [2.75, 3.05) is 18.4 Å². The van der Waals surface area contributed by atoms with Crippen molar-refractivity contribution < 1.29 is 14.4 Å². The van der Waals surface area contributed by atoms with Crippen LogP contribution in [0.1, 0.15) is 17.5 Å². The molecule has 0 spiro atoms. The van der Waals surface area contributed by atoms with Gasteiger partial charge in [-0.15, -0.1) is 0 Å². The van der Waals surface area contributed by atoms with E-state index in [1.807, 2.05) is 32.0 Å². The van der Waals surface area contributed by atoms with Crippen molar-refractivity contribution in [3.63, 3.8) is 0 Å². The Hall–Kier alpha value is -2.63. The number of amides is 4. The minimum absolute atomic E-state index is 0.0752. The first-order valence-electron chi connectivity index (χ1n) is 9.12. The van der Waals surface area contributed by atoms with Gasteiger partial charge in [0.2, 0.25) is 11.8 Å². The number of rotatable bonds is 4. The molecule has 136 valence electrons. The molecule has 4 amide bonds. The summed E-state index contributed by atoms with van der Waals surface area (Å²) in [4.78, 5) is 38.6. The summed E-state index contributed by atoms with van der Waals surface area (Å²) in [6.07, 6.45) is 5.09. The Morgan fingerprint density at radius 2 is 1.65 bits per heavy atom. The molecule has 0 unspecified atom stereocenters. The van der Waals surface area contributed by atoms with Crippen molar-refractivity contribution in [1.29, 1.82) is 0 Å². The molecule has 1 aliphatic heterocycles. The van der Waals surface area contributed by atoms with Crippen LogP contribution in [-0.4, -0.2) is 35.8 Å². The normalized spacial score (nSPS) is 28.6. The largest absolute Gasteiger partial charge is 0.336 e. The molecular formula is C20H23N3O3. The van der Waals surface area contributed by atoms with E-state index in [0.29, 0.717) is 0 Å². The molecule has 1 heterocycles. The summed E-state index contributed by atoms with van der Waals surface area (Å²) in [6, 6.07) is 5.48. The fourth-order valence-corrected chi connectivity index (χ4v) is 4.64. The van der Waals surface area contributed by atoms with Crippen LogP contribution >= 0.6 is 0 Å². The molecular weight excluding hydrogens is 330 g/mol. The smallest absolute Gasteiger partial charge is 0.319 e. The molecule has 1 saturated carbocycles. The minimum atomic E-state index is -0.330. The molecule has 26 heavy (non-hydrogen) atoms. The number of aryl methyl sites for hydroxylation is 2. The molecule has 4 atom stereocenters. The lowest BCUT2D eigenvalue weighted by Gasteiger charge is -2.18. The number of nitrogens with one attached hydrogen (secondary N) is 2. The van der Waals surface area contributed by atoms with Gasteiger partial charge in [-0.25, -0.2) is 4.79 Å². The van der Waals surface area contributed by atoms with Gasteiger partial charge < -0.3 is 10.6 Å². The molecule has 2 fully saturated rings. The van der Waals surface area contributed by atoms with Crippen LogP contribution in [-0.2, 0) is 9.59 Å². The zero-order valence-corrected chi connectivity index (χ0v) is 15.0. The lowest BCUT2D eigenvalue weighted by molar-refractivity contribution is -0.140. The summed E-state index contributed by atoms with van der Waals surface area (Å²) in [7, 11) is 0. The van der Waals surface area contributed by atoms with Crippen LogP contribution in [0.2, 0.25) is 0 Å². The van der Waals surface area contributed by atoms with E-state index in [1.54, 1.807) is 0 Å². The SMILES string of the molecule is Cc1cccc(C)c1NC(=O)NCCN1C(=O)[C@@H]2[C@H](C1=O)[C@H]1C=C[C@H]2C1.